The van der Waals surface area contributed by atoms with Gasteiger partial charge in [-0.3, -0.25) is 0 Å². The maximum absolute atomic E-state index is 3.83. The molecule has 0 aromatic heterocycles. The highest BCUT2D eigenvalue weighted by Gasteiger charge is 2.11. The molecule has 0 aliphatic carbocycles. The third kappa shape index (κ3) is 6.86. The van der Waals surface area contributed by atoms with Crippen LogP contribution in [0.4, 0.5) is 0 Å². The number of hydrogen-bond donors (Lipinski definition) is 0. The zero-order valence-electron chi connectivity index (χ0n) is 9.84. The summed E-state index contributed by atoms with van der Waals surface area (Å²) in [5.41, 5.74) is 0. The molecule has 0 nitrogen and oxygen atoms in total. The Morgan fingerprint density at radius 3 is 2.08 bits per heavy atom. The Morgan fingerprint density at radius 1 is 1.08 bits per heavy atom. The van der Waals surface area contributed by atoms with E-state index in [1.165, 1.54) is 25.7 Å². The van der Waals surface area contributed by atoms with Crippen LogP contribution in [0.3, 0.4) is 0 Å². The van der Waals surface area contributed by atoms with Crippen LogP contribution in [0.5, 0.6) is 0 Å². The molecule has 1 atom stereocenters. The lowest BCUT2D eigenvalue weighted by molar-refractivity contribution is 0.341. The predicted molar refractivity (Wildman–Crippen MR) is 61.8 cm³/mol. The second-order valence-corrected chi connectivity index (χ2v) is 4.85. The molecule has 13 heavy (non-hydrogen) atoms. The molecule has 0 rings (SSSR count). The molecule has 0 radical (unpaired) electrons. The van der Waals surface area contributed by atoms with Gasteiger partial charge in [-0.1, -0.05) is 46.6 Å². The summed E-state index contributed by atoms with van der Waals surface area (Å²) in [6.07, 6.45) is 7.40. The first-order valence-electron chi connectivity index (χ1n) is 5.68. The molecule has 0 saturated heterocycles. The molecular formula is C13H26. The summed E-state index contributed by atoms with van der Waals surface area (Å²) in [5.74, 6) is 2.53. The highest BCUT2D eigenvalue weighted by atomic mass is 14.2. The monoisotopic (exact) mass is 182 g/mol. The first-order valence-corrected chi connectivity index (χ1v) is 5.68. The molecule has 78 valence electrons. The molecule has 0 fully saturated rings. The van der Waals surface area contributed by atoms with Crippen molar-refractivity contribution >= 4 is 0 Å². The van der Waals surface area contributed by atoms with E-state index in [4.69, 9.17) is 0 Å². The van der Waals surface area contributed by atoms with Gasteiger partial charge in [-0.2, -0.15) is 0 Å². The smallest absolute Gasteiger partial charge is 0.0322 e. The van der Waals surface area contributed by atoms with Crippen molar-refractivity contribution in [1.29, 1.82) is 0 Å². The molecule has 0 aromatic carbocycles. The van der Waals surface area contributed by atoms with Crippen molar-refractivity contribution in [2.75, 3.05) is 0 Å². The summed E-state index contributed by atoms with van der Waals surface area (Å²) in [5, 5.41) is 0. The van der Waals surface area contributed by atoms with E-state index in [1.54, 1.807) is 0 Å². The lowest BCUT2D eigenvalue weighted by Gasteiger charge is -2.19. The van der Waals surface area contributed by atoms with Crippen LogP contribution in [0.15, 0.2) is 12.7 Å². The minimum atomic E-state index is 0.810. The molecule has 0 heterocycles. The maximum atomic E-state index is 3.83. The van der Waals surface area contributed by atoms with Crippen LogP contribution in [0, 0.1) is 17.8 Å². The zero-order chi connectivity index (χ0) is 10.3. The fourth-order valence-electron chi connectivity index (χ4n) is 1.73. The van der Waals surface area contributed by atoms with Gasteiger partial charge >= 0.3 is 0 Å². The van der Waals surface area contributed by atoms with Crippen molar-refractivity contribution in [2.45, 2.75) is 53.4 Å². The molecular weight excluding hydrogens is 156 g/mol. The molecule has 1 unspecified atom stereocenters. The molecule has 0 aliphatic heterocycles. The Hall–Kier alpha value is -0.260. The first-order chi connectivity index (χ1) is 6.07. The van der Waals surface area contributed by atoms with Crippen LogP contribution in [0.25, 0.3) is 0 Å². The van der Waals surface area contributed by atoms with E-state index in [-0.39, 0.29) is 0 Å². The molecule has 0 aromatic rings. The van der Waals surface area contributed by atoms with Gasteiger partial charge in [-0.25, -0.2) is 0 Å². The summed E-state index contributed by atoms with van der Waals surface area (Å²) < 4.78 is 0. The van der Waals surface area contributed by atoms with Crippen LogP contribution in [0.1, 0.15) is 53.4 Å². The van der Waals surface area contributed by atoms with Crippen LogP contribution >= 0.6 is 0 Å². The summed E-state index contributed by atoms with van der Waals surface area (Å²) in [6.45, 7) is 13.1. The van der Waals surface area contributed by atoms with E-state index >= 15 is 0 Å². The number of hydrogen-bond acceptors (Lipinski definition) is 0. The largest absolute Gasteiger partial charge is 0.103 e. The molecule has 0 amide bonds. The van der Waals surface area contributed by atoms with E-state index in [2.05, 4.69) is 40.3 Å². The minimum Gasteiger partial charge on any atom is -0.103 e. The van der Waals surface area contributed by atoms with E-state index in [9.17, 15) is 0 Å². The minimum absolute atomic E-state index is 0.810. The van der Waals surface area contributed by atoms with Crippen molar-refractivity contribution in [3.63, 3.8) is 0 Å². The highest BCUT2D eigenvalue weighted by molar-refractivity contribution is 4.75. The van der Waals surface area contributed by atoms with Gasteiger partial charge in [0.15, 0.2) is 0 Å². The van der Waals surface area contributed by atoms with Gasteiger partial charge in [0.05, 0.1) is 0 Å². The van der Waals surface area contributed by atoms with Gasteiger partial charge in [0, 0.05) is 0 Å². The Bertz CT molecular complexity index is 122. The predicted octanol–water partition coefficient (Wildman–Crippen LogP) is 4.66. The molecule has 0 heteroatoms. The van der Waals surface area contributed by atoms with E-state index in [1.807, 2.05) is 0 Å². The topological polar surface area (TPSA) is 0 Å². The quantitative estimate of drug-likeness (QED) is 0.502. The van der Waals surface area contributed by atoms with E-state index in [0.717, 1.165) is 17.8 Å². The fourth-order valence-corrected chi connectivity index (χ4v) is 1.73. The average Bonchev–Trinajstić information content (AvgIpc) is 2.02. The number of rotatable bonds is 7. The van der Waals surface area contributed by atoms with Crippen molar-refractivity contribution in [1.82, 2.24) is 0 Å². The molecule has 0 spiro atoms. The normalized spacial score (nSPS) is 13.7. The Kier molecular flexibility index (Phi) is 7.03. The van der Waals surface area contributed by atoms with Crippen LogP contribution in [-0.4, -0.2) is 0 Å². The summed E-state index contributed by atoms with van der Waals surface area (Å²) in [7, 11) is 0. The van der Waals surface area contributed by atoms with Crippen LogP contribution in [-0.2, 0) is 0 Å². The standard InChI is InChI=1S/C13H26/c1-6-8-13(12(4)5)10-7-9-11(2)3/h6,11-13H,1,7-10H2,2-5H3. The van der Waals surface area contributed by atoms with Crippen LogP contribution < -0.4 is 0 Å². The van der Waals surface area contributed by atoms with Gasteiger partial charge < -0.3 is 0 Å². The van der Waals surface area contributed by atoms with Crippen molar-refractivity contribution in [3.05, 3.63) is 12.7 Å². The Labute approximate surface area is 84.4 Å². The maximum Gasteiger partial charge on any atom is -0.0322 e. The van der Waals surface area contributed by atoms with Gasteiger partial charge in [0.1, 0.15) is 0 Å². The summed E-state index contributed by atoms with van der Waals surface area (Å²) >= 11 is 0. The zero-order valence-corrected chi connectivity index (χ0v) is 9.84. The Balaban J connectivity index is 3.62. The molecule has 0 saturated carbocycles. The molecule has 0 aliphatic rings. The SMILES string of the molecule is C=CCC(CCCC(C)C)C(C)C. The third-order valence-electron chi connectivity index (χ3n) is 2.77. The van der Waals surface area contributed by atoms with Crippen LogP contribution in [0.2, 0.25) is 0 Å². The van der Waals surface area contributed by atoms with Gasteiger partial charge in [-0.05, 0) is 30.6 Å². The van der Waals surface area contributed by atoms with Crippen molar-refractivity contribution < 1.29 is 0 Å². The van der Waals surface area contributed by atoms with E-state index < -0.39 is 0 Å². The van der Waals surface area contributed by atoms with Gasteiger partial charge in [-0.15, -0.1) is 6.58 Å². The van der Waals surface area contributed by atoms with E-state index in [0.29, 0.717) is 0 Å². The second kappa shape index (κ2) is 7.17. The fraction of sp³-hybridized carbons (Fsp3) is 0.846. The molecule has 0 bridgehead atoms. The van der Waals surface area contributed by atoms with Gasteiger partial charge in [0.25, 0.3) is 0 Å². The second-order valence-electron chi connectivity index (χ2n) is 4.85. The van der Waals surface area contributed by atoms with Crippen molar-refractivity contribution in [3.8, 4) is 0 Å². The average molecular weight is 182 g/mol. The Morgan fingerprint density at radius 2 is 1.69 bits per heavy atom. The third-order valence-corrected chi connectivity index (χ3v) is 2.77. The summed E-state index contributed by atoms with van der Waals surface area (Å²) in [4.78, 5) is 0. The van der Waals surface area contributed by atoms with Gasteiger partial charge in [0.2, 0.25) is 0 Å². The van der Waals surface area contributed by atoms with Crippen molar-refractivity contribution in [2.24, 2.45) is 17.8 Å². The lowest BCUT2D eigenvalue weighted by Crippen LogP contribution is -2.08. The molecule has 0 N–H and O–H groups in total. The lowest BCUT2D eigenvalue weighted by atomic mass is 9.87. The first kappa shape index (κ1) is 12.7. The number of allylic oxidation sites excluding steroid dienone is 1. The highest BCUT2D eigenvalue weighted by Crippen LogP contribution is 2.23. The summed E-state index contributed by atoms with van der Waals surface area (Å²) in [6, 6.07) is 0.